The van der Waals surface area contributed by atoms with Crippen LogP contribution in [0.1, 0.15) is 104 Å². The molecule has 0 saturated heterocycles. The predicted molar refractivity (Wildman–Crippen MR) is 115 cm³/mol. The summed E-state index contributed by atoms with van der Waals surface area (Å²) in [6, 6.07) is 0. The van der Waals surface area contributed by atoms with Gasteiger partial charge in [0.25, 0.3) is 0 Å². The second kappa shape index (κ2) is 18.8. The molecule has 0 saturated carbocycles. The Morgan fingerprint density at radius 1 is 0.733 bits per heavy atom. The lowest BCUT2D eigenvalue weighted by molar-refractivity contribution is -0.161. The van der Waals surface area contributed by atoms with E-state index in [1.165, 1.54) is 51.4 Å². The van der Waals surface area contributed by atoms with Crippen LogP contribution in [0, 0.1) is 0 Å². The second-order valence-electron chi connectivity index (χ2n) is 7.62. The summed E-state index contributed by atoms with van der Waals surface area (Å²) in [6.45, 7) is 3.20. The van der Waals surface area contributed by atoms with Gasteiger partial charge in [-0.1, -0.05) is 78.1 Å². The van der Waals surface area contributed by atoms with Crippen molar-refractivity contribution in [3.63, 3.8) is 0 Å². The van der Waals surface area contributed by atoms with E-state index in [9.17, 15) is 14.2 Å². The normalized spacial score (nSPS) is 12.5. The quantitative estimate of drug-likeness (QED) is 0.150. The van der Waals surface area contributed by atoms with Gasteiger partial charge in [-0.25, -0.2) is 4.57 Å². The molecule has 178 valence electrons. The number of phosphoric acid groups is 1. The lowest BCUT2D eigenvalue weighted by Gasteiger charge is -2.18. The molecular weight excluding hydrogens is 411 g/mol. The van der Waals surface area contributed by atoms with Crippen LogP contribution >= 0.6 is 7.82 Å². The highest BCUT2D eigenvalue weighted by atomic mass is 31.2. The zero-order valence-electron chi connectivity index (χ0n) is 18.7. The number of unbranched alkanes of at least 4 members (excludes halogenated alkanes) is 10. The van der Waals surface area contributed by atoms with Gasteiger partial charge in [-0.3, -0.25) is 14.1 Å². The summed E-state index contributed by atoms with van der Waals surface area (Å²) in [6.07, 6.45) is 13.0. The molecule has 0 spiro atoms. The number of phosphoric ester groups is 1. The Bertz CT molecular complexity index is 491. The number of esters is 2. The Morgan fingerprint density at radius 2 is 1.27 bits per heavy atom. The molecule has 0 aliphatic heterocycles. The maximum absolute atomic E-state index is 11.9. The average molecular weight is 453 g/mol. The summed E-state index contributed by atoms with van der Waals surface area (Å²) < 4.78 is 25.4. The van der Waals surface area contributed by atoms with Crippen LogP contribution in [0.5, 0.6) is 0 Å². The van der Waals surface area contributed by atoms with Crippen molar-refractivity contribution in [1.29, 1.82) is 0 Å². The average Bonchev–Trinajstić information content (AvgIpc) is 2.67. The van der Waals surface area contributed by atoms with Crippen LogP contribution in [0.15, 0.2) is 0 Å². The van der Waals surface area contributed by atoms with E-state index in [0.717, 1.165) is 19.3 Å². The van der Waals surface area contributed by atoms with Crippen LogP contribution in [0.2, 0.25) is 0 Å². The highest BCUT2D eigenvalue weighted by Gasteiger charge is 2.22. The van der Waals surface area contributed by atoms with Crippen LogP contribution in [0.4, 0.5) is 0 Å². The zero-order valence-corrected chi connectivity index (χ0v) is 19.6. The van der Waals surface area contributed by atoms with Crippen molar-refractivity contribution in [2.75, 3.05) is 13.2 Å². The second-order valence-corrected chi connectivity index (χ2v) is 8.86. The highest BCUT2D eigenvalue weighted by molar-refractivity contribution is 7.46. The molecule has 0 aliphatic carbocycles. The Balaban J connectivity index is 3.88. The topological polar surface area (TPSA) is 119 Å². The highest BCUT2D eigenvalue weighted by Crippen LogP contribution is 2.35. The molecule has 0 bridgehead atoms. The molecule has 30 heavy (non-hydrogen) atoms. The predicted octanol–water partition coefficient (Wildman–Crippen LogP) is 5.05. The van der Waals surface area contributed by atoms with Crippen molar-refractivity contribution in [1.82, 2.24) is 0 Å². The minimum atomic E-state index is -4.70. The summed E-state index contributed by atoms with van der Waals surface area (Å²) in [5, 5.41) is 0. The largest absolute Gasteiger partial charge is 0.469 e. The summed E-state index contributed by atoms with van der Waals surface area (Å²) in [5.74, 6) is -0.947. The maximum atomic E-state index is 11.9. The minimum absolute atomic E-state index is 0.166. The minimum Gasteiger partial charge on any atom is -0.462 e. The summed E-state index contributed by atoms with van der Waals surface area (Å²) >= 11 is 0. The molecule has 1 atom stereocenters. The van der Waals surface area contributed by atoms with Gasteiger partial charge in [-0.2, -0.15) is 0 Å². The Morgan fingerprint density at radius 3 is 1.77 bits per heavy atom. The van der Waals surface area contributed by atoms with Gasteiger partial charge in [0.05, 0.1) is 6.61 Å². The zero-order chi connectivity index (χ0) is 22.7. The van der Waals surface area contributed by atoms with Crippen LogP contribution in [-0.2, 0) is 28.2 Å². The van der Waals surface area contributed by atoms with Crippen molar-refractivity contribution < 1.29 is 37.9 Å². The van der Waals surface area contributed by atoms with Gasteiger partial charge in [0.1, 0.15) is 6.61 Å². The van der Waals surface area contributed by atoms with Crippen molar-refractivity contribution in [3.8, 4) is 0 Å². The molecule has 0 unspecified atom stereocenters. The van der Waals surface area contributed by atoms with Crippen LogP contribution in [0.3, 0.4) is 0 Å². The Hall–Kier alpha value is -0.950. The third-order valence-corrected chi connectivity index (χ3v) is 5.08. The van der Waals surface area contributed by atoms with Gasteiger partial charge < -0.3 is 19.3 Å². The van der Waals surface area contributed by atoms with E-state index in [1.54, 1.807) is 6.92 Å². The first-order valence-electron chi connectivity index (χ1n) is 11.3. The number of carbonyl (C=O) groups is 2. The van der Waals surface area contributed by atoms with Gasteiger partial charge in [0.15, 0.2) is 6.10 Å². The third-order valence-electron chi connectivity index (χ3n) is 4.60. The SMILES string of the molecule is CCCCCCCCCCCCCC(=O)OC[C@H](COP(=O)(O)O)OC(=O)CCC. The van der Waals surface area contributed by atoms with Crippen molar-refractivity contribution in [2.45, 2.75) is 110 Å². The lowest BCUT2D eigenvalue weighted by atomic mass is 10.1. The first kappa shape index (κ1) is 29.1. The molecule has 0 aliphatic rings. The molecule has 0 amide bonds. The van der Waals surface area contributed by atoms with E-state index in [-0.39, 0.29) is 19.4 Å². The summed E-state index contributed by atoms with van der Waals surface area (Å²) in [5.41, 5.74) is 0. The molecule has 9 heteroatoms. The van der Waals surface area contributed by atoms with Crippen molar-refractivity contribution in [2.24, 2.45) is 0 Å². The number of ether oxygens (including phenoxy) is 2. The Kier molecular flexibility index (Phi) is 18.2. The first-order valence-corrected chi connectivity index (χ1v) is 12.9. The van der Waals surface area contributed by atoms with E-state index >= 15 is 0 Å². The van der Waals surface area contributed by atoms with Crippen LogP contribution < -0.4 is 0 Å². The summed E-state index contributed by atoms with van der Waals surface area (Å²) in [4.78, 5) is 41.0. The molecule has 0 heterocycles. The molecular formula is C21H41O8P. The van der Waals surface area contributed by atoms with Gasteiger partial charge in [-0.15, -0.1) is 0 Å². The monoisotopic (exact) mass is 452 g/mol. The van der Waals surface area contributed by atoms with E-state index in [4.69, 9.17) is 19.3 Å². The van der Waals surface area contributed by atoms with Crippen molar-refractivity contribution in [3.05, 3.63) is 0 Å². The number of carbonyl (C=O) groups excluding carboxylic acids is 2. The smallest absolute Gasteiger partial charge is 0.462 e. The third kappa shape index (κ3) is 20.3. The first-order chi connectivity index (χ1) is 14.3. The van der Waals surface area contributed by atoms with Gasteiger partial charge in [-0.05, 0) is 12.8 Å². The molecule has 0 radical (unpaired) electrons. The Labute approximate surface area is 181 Å². The molecule has 2 N–H and O–H groups in total. The number of rotatable bonds is 20. The molecule has 0 aromatic heterocycles. The molecule has 0 aromatic rings. The van der Waals surface area contributed by atoms with Gasteiger partial charge in [0, 0.05) is 12.8 Å². The van der Waals surface area contributed by atoms with Crippen LogP contribution in [0.25, 0.3) is 0 Å². The molecule has 0 rings (SSSR count). The molecule has 0 fully saturated rings. The van der Waals surface area contributed by atoms with Gasteiger partial charge >= 0.3 is 19.8 Å². The summed E-state index contributed by atoms with van der Waals surface area (Å²) in [7, 11) is -4.70. The lowest BCUT2D eigenvalue weighted by Crippen LogP contribution is -2.29. The fraction of sp³-hybridized carbons (Fsp3) is 0.905. The van der Waals surface area contributed by atoms with Crippen molar-refractivity contribution >= 4 is 19.8 Å². The van der Waals surface area contributed by atoms with E-state index in [0.29, 0.717) is 6.42 Å². The van der Waals surface area contributed by atoms with Gasteiger partial charge in [0.2, 0.25) is 0 Å². The van der Waals surface area contributed by atoms with Crippen LogP contribution in [-0.4, -0.2) is 41.0 Å². The maximum Gasteiger partial charge on any atom is 0.469 e. The number of hydrogen-bond acceptors (Lipinski definition) is 6. The van der Waals surface area contributed by atoms with E-state index in [1.807, 2.05) is 0 Å². The van der Waals surface area contributed by atoms with E-state index < -0.39 is 32.5 Å². The number of hydrogen-bond donors (Lipinski definition) is 2. The molecule has 8 nitrogen and oxygen atoms in total. The fourth-order valence-corrected chi connectivity index (χ4v) is 3.30. The standard InChI is InChI=1S/C21H41O8P/c1-3-5-6-7-8-9-10-11-12-13-14-16-20(22)27-17-19(18-28-30(24,25)26)29-21(23)15-4-2/h19H,3-18H2,1-2H3,(H2,24,25,26)/t19-/m1/s1. The van der Waals surface area contributed by atoms with E-state index in [2.05, 4.69) is 11.4 Å². The molecule has 0 aromatic carbocycles. The fourth-order valence-electron chi connectivity index (χ4n) is 2.94.